The van der Waals surface area contributed by atoms with Gasteiger partial charge in [-0.15, -0.1) is 0 Å². The molecule has 0 radical (unpaired) electrons. The van der Waals surface area contributed by atoms with E-state index in [2.05, 4.69) is 19.6 Å². The highest BCUT2D eigenvalue weighted by atomic mass is 16.7. The van der Waals surface area contributed by atoms with Gasteiger partial charge >= 0.3 is 0 Å². The summed E-state index contributed by atoms with van der Waals surface area (Å²) in [5.41, 5.74) is -0.123. The molecule has 16 atom stereocenters. The third-order valence-electron chi connectivity index (χ3n) is 14.2. The van der Waals surface area contributed by atoms with Gasteiger partial charge in [0.2, 0.25) is 0 Å². The molecular formula is C44H80O17. The standard InChI is InChI=1S/C30H44O7.2C5H10O3.4CH4O/c1-17-12-19(15-35-17)22-8-11-30(34)24-5-4-20-13-21(37-27-26(33)14-25(32)18(2)36-27)6-10-29(20,16-31)23(24)7-9-28(22,30)3;2*6-4-1-5(7)3-8-2-4;4*1-2/h12,16,18,20-27,32-34H,1,4-11,13-15H2,2-3H3;2*4-7H,1-3H2;4*2H,1H3. The maximum absolute atomic E-state index is 12.9. The molecular weight excluding hydrogens is 800 g/mol. The second-order valence-corrected chi connectivity index (χ2v) is 17.4. The predicted octanol–water partition coefficient (Wildman–Crippen LogP) is 0.342. The van der Waals surface area contributed by atoms with Crippen LogP contribution in [-0.4, -0.2) is 185 Å². The zero-order valence-electron chi connectivity index (χ0n) is 37.3. The van der Waals surface area contributed by atoms with Crippen molar-refractivity contribution in [3.05, 3.63) is 24.0 Å². The van der Waals surface area contributed by atoms with Crippen molar-refractivity contribution in [2.45, 2.75) is 152 Å². The molecule has 0 bridgehead atoms. The van der Waals surface area contributed by atoms with Gasteiger partial charge in [-0.05, 0) is 100 Å². The summed E-state index contributed by atoms with van der Waals surface area (Å²) in [7, 11) is 4.00. The first-order valence-corrected chi connectivity index (χ1v) is 21.7. The van der Waals surface area contributed by atoms with Crippen LogP contribution >= 0.6 is 0 Å². The highest BCUT2D eigenvalue weighted by Crippen LogP contribution is 2.69. The number of aldehydes is 1. The maximum Gasteiger partial charge on any atom is 0.184 e. The van der Waals surface area contributed by atoms with Crippen molar-refractivity contribution in [2.75, 3.05) is 61.5 Å². The molecule has 17 heteroatoms. The van der Waals surface area contributed by atoms with Gasteiger partial charge in [0.25, 0.3) is 0 Å². The molecule has 8 aliphatic rings. The van der Waals surface area contributed by atoms with Crippen LogP contribution in [0.4, 0.5) is 0 Å². The summed E-state index contributed by atoms with van der Waals surface area (Å²) in [4.78, 5) is 12.9. The Bertz CT molecular complexity index is 1270. The van der Waals surface area contributed by atoms with E-state index in [4.69, 9.17) is 64.5 Å². The number of hydrogen-bond donors (Lipinski definition) is 11. The van der Waals surface area contributed by atoms with E-state index in [0.717, 1.165) is 92.0 Å². The highest BCUT2D eigenvalue weighted by Gasteiger charge is 2.68. The zero-order valence-corrected chi connectivity index (χ0v) is 37.3. The fraction of sp³-hybridized carbons (Fsp3) is 0.886. The van der Waals surface area contributed by atoms with Gasteiger partial charge in [0.1, 0.15) is 24.8 Å². The molecule has 17 nitrogen and oxygen atoms in total. The molecule has 4 aliphatic carbocycles. The summed E-state index contributed by atoms with van der Waals surface area (Å²) >= 11 is 0. The van der Waals surface area contributed by atoms with Gasteiger partial charge in [-0.25, -0.2) is 0 Å². The molecule has 0 aromatic carbocycles. The van der Waals surface area contributed by atoms with E-state index in [-0.39, 0.29) is 41.8 Å². The first kappa shape index (κ1) is 55.5. The summed E-state index contributed by atoms with van der Waals surface area (Å²) in [5.74, 6) is 1.56. The molecule has 61 heavy (non-hydrogen) atoms. The van der Waals surface area contributed by atoms with Crippen molar-refractivity contribution in [1.82, 2.24) is 0 Å². The van der Waals surface area contributed by atoms with E-state index in [9.17, 15) is 20.1 Å². The molecule has 0 spiro atoms. The Hall–Kier alpha value is -1.65. The molecule has 7 fully saturated rings. The lowest BCUT2D eigenvalue weighted by atomic mass is 9.43. The summed E-state index contributed by atoms with van der Waals surface area (Å²) < 4.78 is 27.3. The minimum atomic E-state index is -0.849. The molecule has 4 heterocycles. The molecule has 4 aliphatic heterocycles. The van der Waals surface area contributed by atoms with Crippen molar-refractivity contribution in [2.24, 2.45) is 34.5 Å². The Labute approximate surface area is 362 Å². The van der Waals surface area contributed by atoms with E-state index < -0.39 is 53.9 Å². The molecule has 16 unspecified atom stereocenters. The van der Waals surface area contributed by atoms with Crippen LogP contribution in [0.1, 0.15) is 90.9 Å². The fourth-order valence-corrected chi connectivity index (χ4v) is 11.3. The van der Waals surface area contributed by atoms with Gasteiger partial charge in [0, 0.05) is 58.5 Å². The molecule has 11 N–H and O–H groups in total. The minimum Gasteiger partial charge on any atom is -0.490 e. The Balaban J connectivity index is 0.000000438. The minimum absolute atomic E-state index is 0.0769. The van der Waals surface area contributed by atoms with Gasteiger partial charge in [-0.2, -0.15) is 0 Å². The van der Waals surface area contributed by atoms with Gasteiger partial charge in [0.05, 0.1) is 74.8 Å². The monoisotopic (exact) mass is 881 g/mol. The normalized spacial score (nSPS) is 43.3. The van der Waals surface area contributed by atoms with Gasteiger partial charge in [-0.1, -0.05) is 13.5 Å². The lowest BCUT2D eigenvalue weighted by Gasteiger charge is -2.63. The first-order valence-electron chi connectivity index (χ1n) is 21.7. The summed E-state index contributed by atoms with van der Waals surface area (Å²) in [6.45, 7) is 10.1. The second kappa shape index (κ2) is 26.3. The molecule has 0 amide bonds. The van der Waals surface area contributed by atoms with Gasteiger partial charge in [0.15, 0.2) is 6.29 Å². The smallest absolute Gasteiger partial charge is 0.184 e. The SMILES string of the molecule is C=C1C=C(C2CCC3(O)C4CCC5CC(OC6OC(C)C(O)CC6O)CCC5(C=O)C4CCC23C)CO1.CO.CO.CO.CO.OC1COCC(O)C1.OC1COCC(O)C1. The summed E-state index contributed by atoms with van der Waals surface area (Å²) in [6, 6.07) is 0. The number of carbonyl (C=O) groups is 1. The average Bonchev–Trinajstić information content (AvgIpc) is 3.81. The number of allylic oxidation sites excluding steroid dienone is 1. The lowest BCUT2D eigenvalue weighted by Crippen LogP contribution is -2.63. The quantitative estimate of drug-likeness (QED) is 0.134. The topological polar surface area (TPSA) is 286 Å². The number of fused-ring (bicyclic) bond motifs is 5. The highest BCUT2D eigenvalue weighted by molar-refractivity contribution is 5.62. The number of carbonyl (C=O) groups excluding carboxylic acids is 1. The van der Waals surface area contributed by atoms with Crippen LogP contribution in [0.5, 0.6) is 0 Å². The second-order valence-electron chi connectivity index (χ2n) is 17.4. The average molecular weight is 881 g/mol. The van der Waals surface area contributed by atoms with Crippen molar-refractivity contribution in [3.63, 3.8) is 0 Å². The number of aliphatic hydroxyl groups excluding tert-OH is 10. The molecule has 0 aromatic rings. The van der Waals surface area contributed by atoms with Gasteiger partial charge < -0.3 is 84.7 Å². The summed E-state index contributed by atoms with van der Waals surface area (Å²) in [5, 5.41) is 96.0. The van der Waals surface area contributed by atoms with Crippen LogP contribution in [0.15, 0.2) is 24.0 Å². The Morgan fingerprint density at radius 3 is 1.74 bits per heavy atom. The number of hydrogen-bond acceptors (Lipinski definition) is 17. The van der Waals surface area contributed by atoms with Crippen LogP contribution < -0.4 is 0 Å². The zero-order chi connectivity index (χ0) is 46.1. The van der Waals surface area contributed by atoms with Crippen molar-refractivity contribution in [3.8, 4) is 0 Å². The van der Waals surface area contributed by atoms with Crippen LogP contribution in [0.3, 0.4) is 0 Å². The van der Waals surface area contributed by atoms with Crippen LogP contribution in [-0.2, 0) is 28.5 Å². The molecule has 358 valence electrons. The van der Waals surface area contributed by atoms with Crippen LogP contribution in [0.2, 0.25) is 0 Å². The number of ether oxygens (including phenoxy) is 5. The van der Waals surface area contributed by atoms with E-state index in [1.807, 2.05) is 0 Å². The summed E-state index contributed by atoms with van der Waals surface area (Å²) in [6.07, 6.45) is 7.67. The van der Waals surface area contributed by atoms with E-state index in [1.54, 1.807) is 6.92 Å². The molecule has 4 saturated carbocycles. The third kappa shape index (κ3) is 13.2. The van der Waals surface area contributed by atoms with E-state index in [0.29, 0.717) is 51.8 Å². The Morgan fingerprint density at radius 1 is 0.705 bits per heavy atom. The molecule has 0 aromatic heterocycles. The van der Waals surface area contributed by atoms with Crippen molar-refractivity contribution < 1.29 is 84.7 Å². The van der Waals surface area contributed by atoms with Gasteiger partial charge in [-0.3, -0.25) is 0 Å². The van der Waals surface area contributed by atoms with Crippen LogP contribution in [0.25, 0.3) is 0 Å². The largest absolute Gasteiger partial charge is 0.490 e. The number of aliphatic hydroxyl groups is 11. The molecule has 3 saturated heterocycles. The maximum atomic E-state index is 12.9. The lowest BCUT2D eigenvalue weighted by molar-refractivity contribution is -0.284. The fourth-order valence-electron chi connectivity index (χ4n) is 11.3. The number of rotatable bonds is 4. The first-order chi connectivity index (χ1) is 29.2. The molecule has 8 rings (SSSR count). The van der Waals surface area contributed by atoms with Crippen LogP contribution in [0, 0.1) is 34.5 Å². The predicted molar refractivity (Wildman–Crippen MR) is 224 cm³/mol. The third-order valence-corrected chi connectivity index (χ3v) is 14.2. The van der Waals surface area contributed by atoms with E-state index in [1.165, 1.54) is 11.9 Å². The Morgan fingerprint density at radius 2 is 1.26 bits per heavy atom. The Kier molecular flexibility index (Phi) is 24.0. The van der Waals surface area contributed by atoms with E-state index >= 15 is 0 Å². The van der Waals surface area contributed by atoms with Crippen molar-refractivity contribution >= 4 is 6.29 Å². The van der Waals surface area contributed by atoms with Crippen molar-refractivity contribution in [1.29, 1.82) is 0 Å².